The van der Waals surface area contributed by atoms with Gasteiger partial charge < -0.3 is 10.6 Å². The minimum absolute atomic E-state index is 0.0215. The minimum Gasteiger partial charge on any atom is -0.383 e. The standard InChI is InChI=1S/C14H12ClN3O3/c1-16-12-7-3-6-11(13(12)18(20)21)14(19)17-10-5-2-4-9(15)8-10/h2-8,16H,1H3,(H,17,19). The summed E-state index contributed by atoms with van der Waals surface area (Å²) in [6.07, 6.45) is 0. The van der Waals surface area contributed by atoms with Crippen molar-refractivity contribution in [1.29, 1.82) is 0 Å². The molecule has 0 fully saturated rings. The van der Waals surface area contributed by atoms with Crippen molar-refractivity contribution in [2.75, 3.05) is 17.7 Å². The summed E-state index contributed by atoms with van der Waals surface area (Å²) in [6, 6.07) is 11.1. The van der Waals surface area contributed by atoms with Gasteiger partial charge in [0.2, 0.25) is 0 Å². The number of nitro groups is 1. The Kier molecular flexibility index (Phi) is 4.39. The number of nitro benzene ring substituents is 1. The highest BCUT2D eigenvalue weighted by molar-refractivity contribution is 6.31. The highest BCUT2D eigenvalue weighted by Crippen LogP contribution is 2.29. The van der Waals surface area contributed by atoms with Crippen molar-refractivity contribution in [2.24, 2.45) is 0 Å². The van der Waals surface area contributed by atoms with Crippen LogP contribution in [0.4, 0.5) is 17.1 Å². The lowest BCUT2D eigenvalue weighted by atomic mass is 10.1. The van der Waals surface area contributed by atoms with E-state index in [1.54, 1.807) is 37.4 Å². The van der Waals surface area contributed by atoms with Crippen molar-refractivity contribution < 1.29 is 9.72 Å². The van der Waals surface area contributed by atoms with E-state index in [1.165, 1.54) is 12.1 Å². The van der Waals surface area contributed by atoms with Gasteiger partial charge in [0.25, 0.3) is 5.91 Å². The van der Waals surface area contributed by atoms with Gasteiger partial charge in [-0.05, 0) is 30.3 Å². The third kappa shape index (κ3) is 3.29. The Bertz CT molecular complexity index is 704. The first kappa shape index (κ1) is 14.8. The van der Waals surface area contributed by atoms with E-state index >= 15 is 0 Å². The third-order valence-corrected chi connectivity index (χ3v) is 3.05. The molecule has 0 bridgehead atoms. The quantitative estimate of drug-likeness (QED) is 0.668. The van der Waals surface area contributed by atoms with E-state index < -0.39 is 10.8 Å². The Hall–Kier alpha value is -2.60. The molecular weight excluding hydrogens is 294 g/mol. The SMILES string of the molecule is CNc1cccc(C(=O)Nc2cccc(Cl)c2)c1[N+](=O)[O-]. The fourth-order valence-electron chi connectivity index (χ4n) is 1.89. The first-order valence-corrected chi connectivity index (χ1v) is 6.43. The van der Waals surface area contributed by atoms with Crippen LogP contribution in [0.25, 0.3) is 0 Å². The number of anilines is 2. The zero-order chi connectivity index (χ0) is 15.4. The van der Waals surface area contributed by atoms with Crippen LogP contribution >= 0.6 is 11.6 Å². The van der Waals surface area contributed by atoms with Gasteiger partial charge in [-0.2, -0.15) is 0 Å². The Labute approximate surface area is 125 Å². The van der Waals surface area contributed by atoms with Crippen molar-refractivity contribution in [3.63, 3.8) is 0 Å². The third-order valence-electron chi connectivity index (χ3n) is 2.82. The van der Waals surface area contributed by atoms with Crippen molar-refractivity contribution in [2.45, 2.75) is 0 Å². The summed E-state index contributed by atoms with van der Waals surface area (Å²) in [5.41, 5.74) is 0.460. The topological polar surface area (TPSA) is 84.3 Å². The second-order valence-corrected chi connectivity index (χ2v) is 4.61. The Morgan fingerprint density at radius 1 is 1.24 bits per heavy atom. The van der Waals surface area contributed by atoms with E-state index in [0.717, 1.165) is 0 Å². The molecule has 6 nitrogen and oxygen atoms in total. The molecule has 2 rings (SSSR count). The van der Waals surface area contributed by atoms with Crippen LogP contribution in [0.15, 0.2) is 42.5 Å². The number of para-hydroxylation sites is 1. The predicted molar refractivity (Wildman–Crippen MR) is 82.0 cm³/mol. The normalized spacial score (nSPS) is 10.0. The largest absolute Gasteiger partial charge is 0.383 e. The molecule has 0 saturated carbocycles. The molecule has 2 aromatic carbocycles. The van der Waals surface area contributed by atoms with Crippen LogP contribution in [0, 0.1) is 10.1 Å². The maximum atomic E-state index is 12.2. The second-order valence-electron chi connectivity index (χ2n) is 4.17. The number of hydrogen-bond acceptors (Lipinski definition) is 4. The van der Waals surface area contributed by atoms with E-state index in [0.29, 0.717) is 10.7 Å². The summed E-state index contributed by atoms with van der Waals surface area (Å²) in [7, 11) is 1.56. The molecule has 7 heteroatoms. The Balaban J connectivity index is 2.37. The highest BCUT2D eigenvalue weighted by Gasteiger charge is 2.23. The van der Waals surface area contributed by atoms with Crippen molar-refractivity contribution in [3.8, 4) is 0 Å². The number of rotatable bonds is 4. The van der Waals surface area contributed by atoms with Crippen LogP contribution in [0.2, 0.25) is 5.02 Å². The number of nitrogens with zero attached hydrogens (tertiary/aromatic N) is 1. The van der Waals surface area contributed by atoms with Crippen molar-refractivity contribution in [1.82, 2.24) is 0 Å². The molecule has 0 saturated heterocycles. The molecule has 1 amide bonds. The summed E-state index contributed by atoms with van der Waals surface area (Å²) < 4.78 is 0. The molecule has 0 heterocycles. The van der Waals surface area contributed by atoms with Crippen LogP contribution in [0.5, 0.6) is 0 Å². The molecule has 0 aliphatic heterocycles. The molecule has 2 N–H and O–H groups in total. The maximum Gasteiger partial charge on any atom is 0.305 e. The maximum absolute atomic E-state index is 12.2. The zero-order valence-electron chi connectivity index (χ0n) is 11.1. The molecular formula is C14H12ClN3O3. The van der Waals surface area contributed by atoms with Gasteiger partial charge >= 0.3 is 5.69 Å². The number of carbonyl (C=O) groups is 1. The molecule has 0 unspecified atom stereocenters. The molecule has 108 valence electrons. The number of carbonyl (C=O) groups excluding carboxylic acids is 1. The molecule has 0 aromatic heterocycles. The van der Waals surface area contributed by atoms with E-state index in [2.05, 4.69) is 10.6 Å². The number of halogens is 1. The number of benzene rings is 2. The van der Waals surface area contributed by atoms with Crippen LogP contribution in [0.1, 0.15) is 10.4 Å². The predicted octanol–water partition coefficient (Wildman–Crippen LogP) is 3.54. The first-order valence-electron chi connectivity index (χ1n) is 6.05. The number of amides is 1. The molecule has 0 aliphatic rings. The lowest BCUT2D eigenvalue weighted by molar-refractivity contribution is -0.384. The van der Waals surface area contributed by atoms with E-state index in [4.69, 9.17) is 11.6 Å². The fourth-order valence-corrected chi connectivity index (χ4v) is 2.08. The molecule has 0 spiro atoms. The summed E-state index contributed by atoms with van der Waals surface area (Å²) >= 11 is 5.83. The summed E-state index contributed by atoms with van der Waals surface area (Å²) in [5.74, 6) is -0.568. The van der Waals surface area contributed by atoms with Crippen LogP contribution in [-0.2, 0) is 0 Å². The molecule has 0 atom stereocenters. The van der Waals surface area contributed by atoms with Crippen LogP contribution < -0.4 is 10.6 Å². The van der Waals surface area contributed by atoms with Gasteiger partial charge in [-0.25, -0.2) is 0 Å². The minimum atomic E-state index is -0.585. The lowest BCUT2D eigenvalue weighted by Gasteiger charge is -2.08. The first-order chi connectivity index (χ1) is 10.0. The molecule has 21 heavy (non-hydrogen) atoms. The van der Waals surface area contributed by atoms with Gasteiger partial charge in [0.1, 0.15) is 11.3 Å². The van der Waals surface area contributed by atoms with E-state index in [1.807, 2.05) is 0 Å². The molecule has 2 aromatic rings. The smallest absolute Gasteiger partial charge is 0.305 e. The van der Waals surface area contributed by atoms with E-state index in [9.17, 15) is 14.9 Å². The summed E-state index contributed by atoms with van der Waals surface area (Å²) in [5, 5.41) is 16.9. The highest BCUT2D eigenvalue weighted by atomic mass is 35.5. The van der Waals surface area contributed by atoms with Crippen LogP contribution in [0.3, 0.4) is 0 Å². The Morgan fingerprint density at radius 3 is 2.57 bits per heavy atom. The fraction of sp³-hybridized carbons (Fsp3) is 0.0714. The van der Waals surface area contributed by atoms with Gasteiger partial charge in [0.05, 0.1) is 4.92 Å². The average molecular weight is 306 g/mol. The molecule has 0 radical (unpaired) electrons. The zero-order valence-corrected chi connectivity index (χ0v) is 11.8. The number of hydrogen-bond donors (Lipinski definition) is 2. The van der Waals surface area contributed by atoms with Gasteiger partial charge in [0.15, 0.2) is 0 Å². The van der Waals surface area contributed by atoms with Gasteiger partial charge in [-0.1, -0.05) is 23.7 Å². The molecule has 0 aliphatic carbocycles. The lowest BCUT2D eigenvalue weighted by Crippen LogP contribution is -2.14. The summed E-state index contributed by atoms with van der Waals surface area (Å²) in [6.45, 7) is 0. The van der Waals surface area contributed by atoms with E-state index in [-0.39, 0.29) is 16.9 Å². The van der Waals surface area contributed by atoms with Gasteiger partial charge in [-0.15, -0.1) is 0 Å². The van der Waals surface area contributed by atoms with Crippen molar-refractivity contribution >= 4 is 34.6 Å². The average Bonchev–Trinajstić information content (AvgIpc) is 2.46. The Morgan fingerprint density at radius 2 is 1.95 bits per heavy atom. The monoisotopic (exact) mass is 305 g/mol. The van der Waals surface area contributed by atoms with Gasteiger partial charge in [-0.3, -0.25) is 14.9 Å². The van der Waals surface area contributed by atoms with Crippen molar-refractivity contribution in [3.05, 3.63) is 63.2 Å². The second kappa shape index (κ2) is 6.23. The van der Waals surface area contributed by atoms with Crippen LogP contribution in [-0.4, -0.2) is 17.9 Å². The number of nitrogens with one attached hydrogen (secondary N) is 2. The summed E-state index contributed by atoms with van der Waals surface area (Å²) in [4.78, 5) is 22.8. The van der Waals surface area contributed by atoms with Gasteiger partial charge in [0, 0.05) is 17.8 Å².